The number of aliphatic hydroxyl groups is 1. The Morgan fingerprint density at radius 1 is 1.53 bits per heavy atom. The lowest BCUT2D eigenvalue weighted by Crippen LogP contribution is -2.27. The Bertz CT molecular complexity index is 474. The minimum absolute atomic E-state index is 0.000843. The molecular weight excluding hydrogens is 221 g/mol. The molecule has 0 saturated carbocycles. The second-order valence-corrected chi connectivity index (χ2v) is 3.47. The molecule has 0 bridgehead atoms. The maximum absolute atomic E-state index is 13.5. The monoisotopic (exact) mass is 235 g/mol. The molecule has 17 heavy (non-hydrogen) atoms. The third-order valence-electron chi connectivity index (χ3n) is 2.33. The first kappa shape index (κ1) is 13.2. The number of carbonyl (C=O) groups excluding carboxylic acids is 1. The van der Waals surface area contributed by atoms with Gasteiger partial charge in [0.05, 0.1) is 5.56 Å². The second-order valence-electron chi connectivity index (χ2n) is 3.47. The summed E-state index contributed by atoms with van der Waals surface area (Å²) in [5.41, 5.74) is 0.507. The van der Waals surface area contributed by atoms with Gasteiger partial charge in [-0.05, 0) is 25.1 Å². The Hall–Kier alpha value is -1.86. The fourth-order valence-corrected chi connectivity index (χ4v) is 1.26. The van der Waals surface area contributed by atoms with Gasteiger partial charge in [-0.25, -0.2) is 4.39 Å². The van der Waals surface area contributed by atoms with Crippen molar-refractivity contribution in [2.24, 2.45) is 0 Å². The van der Waals surface area contributed by atoms with Crippen LogP contribution in [-0.4, -0.2) is 36.1 Å². The number of halogens is 1. The number of benzene rings is 1. The van der Waals surface area contributed by atoms with Crippen LogP contribution >= 0.6 is 0 Å². The highest BCUT2D eigenvalue weighted by molar-refractivity contribution is 5.94. The predicted octanol–water partition coefficient (Wildman–Crippen LogP) is 1.26. The highest BCUT2D eigenvalue weighted by Gasteiger charge is 2.15. The lowest BCUT2D eigenvalue weighted by atomic mass is 10.1. The molecule has 0 spiro atoms. The summed E-state index contributed by atoms with van der Waals surface area (Å²) in [6.45, 7) is 2.05. The molecule has 0 aliphatic carbocycles. The van der Waals surface area contributed by atoms with Crippen LogP contribution in [-0.2, 0) is 0 Å². The van der Waals surface area contributed by atoms with Crippen LogP contribution < -0.4 is 0 Å². The van der Waals surface area contributed by atoms with Crippen molar-refractivity contribution in [3.8, 4) is 11.8 Å². The molecule has 4 heteroatoms. The fraction of sp³-hybridized carbons (Fsp3) is 0.308. The van der Waals surface area contributed by atoms with Gasteiger partial charge in [0.15, 0.2) is 0 Å². The Morgan fingerprint density at radius 3 is 2.82 bits per heavy atom. The zero-order chi connectivity index (χ0) is 12.8. The third-order valence-corrected chi connectivity index (χ3v) is 2.33. The number of amides is 1. The van der Waals surface area contributed by atoms with E-state index in [0.717, 1.165) is 0 Å². The summed E-state index contributed by atoms with van der Waals surface area (Å²) in [5.74, 6) is 4.15. The van der Waals surface area contributed by atoms with Gasteiger partial charge in [-0.1, -0.05) is 11.8 Å². The Labute approximate surface area is 99.9 Å². The van der Waals surface area contributed by atoms with Crippen LogP contribution in [0, 0.1) is 17.7 Å². The number of nitrogens with zero attached hydrogens (tertiary/aromatic N) is 1. The molecule has 0 fully saturated rings. The van der Waals surface area contributed by atoms with Crippen molar-refractivity contribution >= 4 is 5.91 Å². The average molecular weight is 235 g/mol. The van der Waals surface area contributed by atoms with Gasteiger partial charge in [-0.3, -0.25) is 4.79 Å². The zero-order valence-corrected chi connectivity index (χ0v) is 9.83. The molecule has 0 aromatic heterocycles. The van der Waals surface area contributed by atoms with E-state index < -0.39 is 5.82 Å². The highest BCUT2D eigenvalue weighted by atomic mass is 19.1. The molecule has 90 valence electrons. The van der Waals surface area contributed by atoms with Gasteiger partial charge in [-0.2, -0.15) is 0 Å². The van der Waals surface area contributed by atoms with Crippen molar-refractivity contribution in [2.45, 2.75) is 6.92 Å². The smallest absolute Gasteiger partial charge is 0.256 e. The van der Waals surface area contributed by atoms with E-state index in [0.29, 0.717) is 12.1 Å². The van der Waals surface area contributed by atoms with E-state index >= 15 is 0 Å². The van der Waals surface area contributed by atoms with Crippen LogP contribution in [0.1, 0.15) is 22.8 Å². The SMILES string of the molecule is CCN(C)C(=O)c1cc(C#CCO)ccc1F. The summed E-state index contributed by atoms with van der Waals surface area (Å²) in [4.78, 5) is 13.2. The summed E-state index contributed by atoms with van der Waals surface area (Å²) in [6, 6.07) is 4.07. The van der Waals surface area contributed by atoms with E-state index in [2.05, 4.69) is 11.8 Å². The van der Waals surface area contributed by atoms with Crippen LogP contribution in [0.2, 0.25) is 0 Å². The molecule has 3 nitrogen and oxygen atoms in total. The average Bonchev–Trinajstić information content (AvgIpc) is 2.36. The van der Waals surface area contributed by atoms with Gasteiger partial charge in [0.2, 0.25) is 0 Å². The van der Waals surface area contributed by atoms with E-state index in [1.165, 1.54) is 23.1 Å². The van der Waals surface area contributed by atoms with Gasteiger partial charge in [0, 0.05) is 19.2 Å². The second kappa shape index (κ2) is 6.02. The summed E-state index contributed by atoms with van der Waals surface area (Å²) in [5, 5.41) is 8.56. The lowest BCUT2D eigenvalue weighted by Gasteiger charge is -2.14. The normalized spacial score (nSPS) is 9.41. The maximum Gasteiger partial charge on any atom is 0.256 e. The summed E-state index contributed by atoms with van der Waals surface area (Å²) < 4.78 is 13.5. The largest absolute Gasteiger partial charge is 0.384 e. The van der Waals surface area contributed by atoms with Crippen LogP contribution in [0.3, 0.4) is 0 Å². The van der Waals surface area contributed by atoms with E-state index in [1.807, 2.05) is 6.92 Å². The van der Waals surface area contributed by atoms with E-state index in [9.17, 15) is 9.18 Å². The van der Waals surface area contributed by atoms with Crippen molar-refractivity contribution in [1.29, 1.82) is 0 Å². The summed E-state index contributed by atoms with van der Waals surface area (Å²) in [7, 11) is 1.61. The van der Waals surface area contributed by atoms with E-state index in [1.54, 1.807) is 7.05 Å². The van der Waals surface area contributed by atoms with Crippen molar-refractivity contribution in [2.75, 3.05) is 20.2 Å². The van der Waals surface area contributed by atoms with Crippen LogP contribution in [0.15, 0.2) is 18.2 Å². The number of hydrogen-bond donors (Lipinski definition) is 1. The molecule has 0 saturated heterocycles. The van der Waals surface area contributed by atoms with Gasteiger partial charge >= 0.3 is 0 Å². The van der Waals surface area contributed by atoms with E-state index in [4.69, 9.17) is 5.11 Å². The number of carbonyl (C=O) groups is 1. The fourth-order valence-electron chi connectivity index (χ4n) is 1.26. The van der Waals surface area contributed by atoms with E-state index in [-0.39, 0.29) is 18.1 Å². The van der Waals surface area contributed by atoms with Crippen LogP contribution in [0.5, 0.6) is 0 Å². The Balaban J connectivity index is 3.10. The minimum Gasteiger partial charge on any atom is -0.384 e. The molecule has 0 unspecified atom stereocenters. The van der Waals surface area contributed by atoms with Gasteiger partial charge in [-0.15, -0.1) is 0 Å². The van der Waals surface area contributed by atoms with Crippen LogP contribution in [0.4, 0.5) is 4.39 Å². The molecule has 0 atom stereocenters. The Kier molecular flexibility index (Phi) is 4.68. The maximum atomic E-state index is 13.5. The van der Waals surface area contributed by atoms with Crippen LogP contribution in [0.25, 0.3) is 0 Å². The first-order chi connectivity index (χ1) is 8.10. The lowest BCUT2D eigenvalue weighted by molar-refractivity contribution is 0.0798. The molecule has 1 rings (SSSR count). The summed E-state index contributed by atoms with van der Waals surface area (Å²) in [6.07, 6.45) is 0. The van der Waals surface area contributed by atoms with Crippen molar-refractivity contribution in [1.82, 2.24) is 4.90 Å². The van der Waals surface area contributed by atoms with Gasteiger partial charge in [0.25, 0.3) is 5.91 Å². The number of rotatable bonds is 2. The van der Waals surface area contributed by atoms with Crippen molar-refractivity contribution in [3.05, 3.63) is 35.1 Å². The van der Waals surface area contributed by atoms with Crippen molar-refractivity contribution in [3.63, 3.8) is 0 Å². The molecule has 0 radical (unpaired) electrons. The quantitative estimate of drug-likeness (QED) is 0.784. The number of hydrogen-bond acceptors (Lipinski definition) is 2. The molecule has 1 aromatic carbocycles. The molecular formula is C13H14FNO2. The molecule has 1 aromatic rings. The summed E-state index contributed by atoms with van der Waals surface area (Å²) >= 11 is 0. The number of aliphatic hydroxyl groups excluding tert-OH is 1. The van der Waals surface area contributed by atoms with Gasteiger partial charge in [0.1, 0.15) is 12.4 Å². The Morgan fingerprint density at radius 2 is 2.24 bits per heavy atom. The minimum atomic E-state index is -0.565. The molecule has 0 aliphatic heterocycles. The topological polar surface area (TPSA) is 40.5 Å². The zero-order valence-electron chi connectivity index (χ0n) is 9.83. The predicted molar refractivity (Wildman–Crippen MR) is 63.0 cm³/mol. The molecule has 0 aliphatic rings. The van der Waals surface area contributed by atoms with Crippen molar-refractivity contribution < 1.29 is 14.3 Å². The molecule has 1 amide bonds. The van der Waals surface area contributed by atoms with Gasteiger partial charge < -0.3 is 10.0 Å². The highest BCUT2D eigenvalue weighted by Crippen LogP contribution is 2.12. The third kappa shape index (κ3) is 3.30. The standard InChI is InChI=1S/C13H14FNO2/c1-3-15(2)13(17)11-9-10(5-4-8-16)6-7-12(11)14/h6-7,9,16H,3,8H2,1-2H3. The molecule has 0 heterocycles. The first-order valence-electron chi connectivity index (χ1n) is 5.25. The first-order valence-corrected chi connectivity index (χ1v) is 5.25. The molecule has 1 N–H and O–H groups in total.